The molecule has 1 aliphatic heterocycles. The average Bonchev–Trinajstić information content (AvgIpc) is 2.67. The van der Waals surface area contributed by atoms with Crippen LogP contribution >= 0.6 is 11.8 Å². The highest BCUT2D eigenvalue weighted by molar-refractivity contribution is 8.14. The quantitative estimate of drug-likeness (QED) is 0.0643. The van der Waals surface area contributed by atoms with Crippen LogP contribution in [0.15, 0.2) is 5.16 Å². The fourth-order valence-electron chi connectivity index (χ4n) is 2.80. The van der Waals surface area contributed by atoms with Crippen LogP contribution < -0.4 is 0 Å². The van der Waals surface area contributed by atoms with Crippen LogP contribution in [0.1, 0.15) is 44.9 Å². The van der Waals surface area contributed by atoms with Gasteiger partial charge in [-0.15, -0.1) is 0 Å². The predicted molar refractivity (Wildman–Crippen MR) is 111 cm³/mol. The molecule has 0 spiro atoms. The molecule has 11 nitrogen and oxygen atoms in total. The van der Waals surface area contributed by atoms with Crippen molar-refractivity contribution in [1.82, 2.24) is 0 Å². The zero-order valence-electron chi connectivity index (χ0n) is 16.7. The number of unbranched alkanes of at least 4 members (excludes halogenated alkanes) is 5. The molecule has 1 fully saturated rings. The van der Waals surface area contributed by atoms with Crippen molar-refractivity contribution in [3.05, 3.63) is 0 Å². The van der Waals surface area contributed by atoms with Crippen LogP contribution in [0.25, 0.3) is 0 Å². The van der Waals surface area contributed by atoms with Gasteiger partial charge in [-0.1, -0.05) is 42.6 Å². The molecule has 0 aromatic carbocycles. The second-order valence-corrected chi connectivity index (χ2v) is 10.6. The van der Waals surface area contributed by atoms with Crippen molar-refractivity contribution in [2.24, 2.45) is 5.16 Å². The molecule has 0 saturated carbocycles. The molecular formula is C16H30NO10S3-. The third-order valence-corrected chi connectivity index (χ3v) is 6.70. The summed E-state index contributed by atoms with van der Waals surface area (Å²) in [6.07, 6.45) is 1.20. The van der Waals surface area contributed by atoms with E-state index in [-0.39, 0.29) is 11.5 Å². The lowest BCUT2D eigenvalue weighted by atomic mass is 10.0. The molecule has 0 aromatic heterocycles. The van der Waals surface area contributed by atoms with Crippen molar-refractivity contribution in [1.29, 1.82) is 0 Å². The summed E-state index contributed by atoms with van der Waals surface area (Å²) in [5.74, 6) is 0.674. The van der Waals surface area contributed by atoms with Crippen LogP contribution in [0, 0.1) is 0 Å². The Balaban J connectivity index is 2.58. The van der Waals surface area contributed by atoms with E-state index in [9.17, 15) is 37.6 Å². The van der Waals surface area contributed by atoms with Crippen molar-refractivity contribution < 1.29 is 46.6 Å². The van der Waals surface area contributed by atoms with E-state index >= 15 is 0 Å². The first-order chi connectivity index (χ1) is 14.0. The molecule has 1 heterocycles. The first kappa shape index (κ1) is 27.7. The smallest absolute Gasteiger partial charge is 0.284 e. The Morgan fingerprint density at radius 1 is 1.10 bits per heavy atom. The molecule has 6 atom stereocenters. The van der Waals surface area contributed by atoms with E-state index in [0.29, 0.717) is 12.2 Å². The summed E-state index contributed by atoms with van der Waals surface area (Å²) in [4.78, 5) is 0. The van der Waals surface area contributed by atoms with Crippen molar-refractivity contribution in [2.75, 3.05) is 18.6 Å². The number of aliphatic hydroxyl groups is 4. The lowest BCUT2D eigenvalue weighted by Gasteiger charge is -2.39. The van der Waals surface area contributed by atoms with Crippen molar-refractivity contribution >= 4 is 38.0 Å². The molecule has 0 radical (unpaired) electrons. The van der Waals surface area contributed by atoms with Gasteiger partial charge < -0.3 is 29.7 Å². The molecule has 6 unspecified atom stereocenters. The molecule has 0 aromatic rings. The topological polar surface area (TPSA) is 186 Å². The summed E-state index contributed by atoms with van der Waals surface area (Å²) in [6.45, 7) is -0.606. The van der Waals surface area contributed by atoms with E-state index in [0.717, 1.165) is 43.9 Å². The van der Waals surface area contributed by atoms with Gasteiger partial charge in [0.25, 0.3) is 10.4 Å². The van der Waals surface area contributed by atoms with Gasteiger partial charge in [0.2, 0.25) is 0 Å². The first-order valence-electron chi connectivity index (χ1n) is 9.53. The standard InChI is InChI=1S/C16H31NO10S3/c1-29(22)9-7-5-3-2-4-6-8-12(17-27-30(23,24)25)28-16-15(21)14(20)13(19)11(10-18)26-16/h11,13-16,18-21H,2-10H2,1H3,(H,23,24,25)/p-1. The van der Waals surface area contributed by atoms with Crippen LogP contribution in [0.4, 0.5) is 0 Å². The molecule has 1 rings (SSSR count). The highest BCUT2D eigenvalue weighted by atomic mass is 32.3. The van der Waals surface area contributed by atoms with Crippen LogP contribution in [0.2, 0.25) is 0 Å². The molecule has 0 amide bonds. The predicted octanol–water partition coefficient (Wildman–Crippen LogP) is -0.581. The molecule has 4 N–H and O–H groups in total. The van der Waals surface area contributed by atoms with Crippen molar-refractivity contribution in [3.63, 3.8) is 0 Å². The van der Waals surface area contributed by atoms with Crippen molar-refractivity contribution in [3.8, 4) is 0 Å². The summed E-state index contributed by atoms with van der Waals surface area (Å²) in [6, 6.07) is 0. The van der Waals surface area contributed by atoms with Gasteiger partial charge in [0.05, 0.1) is 6.61 Å². The van der Waals surface area contributed by atoms with Crippen LogP contribution in [-0.4, -0.2) is 91.1 Å². The maximum atomic E-state index is 11.0. The van der Waals surface area contributed by atoms with Gasteiger partial charge in [-0.3, -0.25) is 8.49 Å². The Bertz CT molecular complexity index is 658. The second-order valence-electron chi connectivity index (χ2n) is 6.93. The maximum Gasteiger partial charge on any atom is 0.284 e. The fourth-order valence-corrected chi connectivity index (χ4v) is 4.75. The van der Waals surface area contributed by atoms with Gasteiger partial charge in [-0.2, -0.15) is 8.42 Å². The van der Waals surface area contributed by atoms with Gasteiger partial charge >= 0.3 is 0 Å². The van der Waals surface area contributed by atoms with Gasteiger partial charge in [-0.05, 0) is 19.3 Å². The molecular weight excluding hydrogens is 462 g/mol. The molecule has 0 bridgehead atoms. The van der Waals surface area contributed by atoms with Gasteiger partial charge in [-0.25, -0.2) is 0 Å². The largest absolute Gasteiger partial charge is 0.714 e. The number of rotatable bonds is 13. The SMILES string of the molecule is CS(=O)CCCCCCCCC(=NOS(=O)(=O)[O-])SC1OC(CO)C(O)C(O)C1O. The van der Waals surface area contributed by atoms with Crippen LogP contribution in [-0.2, 0) is 30.2 Å². The van der Waals surface area contributed by atoms with E-state index in [1.807, 2.05) is 0 Å². The average molecular weight is 493 g/mol. The van der Waals surface area contributed by atoms with Crippen LogP contribution in [0.5, 0.6) is 0 Å². The van der Waals surface area contributed by atoms with E-state index in [1.165, 1.54) is 0 Å². The molecule has 1 saturated heterocycles. The molecule has 1 aliphatic rings. The highest BCUT2D eigenvalue weighted by Gasteiger charge is 2.44. The number of ether oxygens (including phenoxy) is 1. The minimum Gasteiger partial charge on any atom is -0.714 e. The lowest BCUT2D eigenvalue weighted by Crippen LogP contribution is -2.57. The van der Waals surface area contributed by atoms with Gasteiger partial charge in [0, 0.05) is 22.8 Å². The number of hydrogen-bond donors (Lipinski definition) is 4. The third-order valence-electron chi connectivity index (χ3n) is 4.40. The summed E-state index contributed by atoms with van der Waals surface area (Å²) >= 11 is 0.748. The molecule has 30 heavy (non-hydrogen) atoms. The lowest BCUT2D eigenvalue weighted by molar-refractivity contribution is -0.205. The second kappa shape index (κ2) is 14.0. The molecule has 178 valence electrons. The Labute approximate surface area is 183 Å². The van der Waals surface area contributed by atoms with Gasteiger partial charge in [0.15, 0.2) is 0 Å². The molecule has 14 heteroatoms. The minimum atomic E-state index is -5.07. The van der Waals surface area contributed by atoms with E-state index in [1.54, 1.807) is 6.26 Å². The zero-order chi connectivity index (χ0) is 22.7. The number of hydrogen-bond acceptors (Lipinski definition) is 12. The fraction of sp³-hybridized carbons (Fsp3) is 0.938. The summed E-state index contributed by atoms with van der Waals surface area (Å²) in [7, 11) is -5.86. The monoisotopic (exact) mass is 492 g/mol. The van der Waals surface area contributed by atoms with E-state index < -0.39 is 57.7 Å². The normalized spacial score (nSPS) is 29.0. The zero-order valence-corrected chi connectivity index (χ0v) is 19.1. The third kappa shape index (κ3) is 10.8. The first-order valence-corrected chi connectivity index (χ1v) is 13.5. The Hall–Kier alpha value is -0.320. The summed E-state index contributed by atoms with van der Waals surface area (Å²) in [5.41, 5.74) is -1.16. The van der Waals surface area contributed by atoms with E-state index in [4.69, 9.17) is 4.74 Å². The Morgan fingerprint density at radius 2 is 1.70 bits per heavy atom. The molecule has 0 aliphatic carbocycles. The summed E-state index contributed by atoms with van der Waals surface area (Å²) < 4.78 is 52.4. The number of aliphatic hydroxyl groups excluding tert-OH is 4. The number of thioether (sulfide) groups is 1. The number of oxime groups is 1. The Kier molecular flexibility index (Phi) is 12.9. The van der Waals surface area contributed by atoms with Crippen molar-refractivity contribution in [2.45, 2.75) is 74.8 Å². The Morgan fingerprint density at radius 3 is 2.27 bits per heavy atom. The maximum absolute atomic E-state index is 11.0. The summed E-state index contributed by atoms with van der Waals surface area (Å²) in [5, 5.41) is 42.4. The minimum absolute atomic E-state index is 0.0557. The number of nitrogens with zero attached hydrogens (tertiary/aromatic N) is 1. The highest BCUT2D eigenvalue weighted by Crippen LogP contribution is 2.30. The van der Waals surface area contributed by atoms with Gasteiger partial charge in [0.1, 0.15) is 34.9 Å². The van der Waals surface area contributed by atoms with Crippen LogP contribution in [0.3, 0.4) is 0 Å². The van der Waals surface area contributed by atoms with E-state index in [2.05, 4.69) is 9.44 Å².